The predicted molar refractivity (Wildman–Crippen MR) is 80.9 cm³/mol. The summed E-state index contributed by atoms with van der Waals surface area (Å²) >= 11 is 0. The number of para-hydroxylation sites is 1. The molecule has 3 rings (SSSR count). The lowest BCUT2D eigenvalue weighted by atomic mass is 10.1. The third kappa shape index (κ3) is 2.89. The van der Waals surface area contributed by atoms with E-state index in [0.29, 0.717) is 0 Å². The van der Waals surface area contributed by atoms with Gasteiger partial charge in [0.1, 0.15) is 0 Å². The van der Waals surface area contributed by atoms with Gasteiger partial charge in [-0.25, -0.2) is 0 Å². The van der Waals surface area contributed by atoms with Crippen molar-refractivity contribution in [2.75, 3.05) is 0 Å². The number of rotatable bonds is 3. The molecule has 0 saturated carbocycles. The minimum Gasteiger partial charge on any atom is -0.253 e. The summed E-state index contributed by atoms with van der Waals surface area (Å²) in [6, 6.07) is 22.8. The molecule has 0 amide bonds. The van der Waals surface area contributed by atoms with Crippen LogP contribution in [0.15, 0.2) is 72.8 Å². The second-order valence-corrected chi connectivity index (χ2v) is 4.51. The zero-order valence-electron chi connectivity index (χ0n) is 10.7. The van der Waals surface area contributed by atoms with Crippen LogP contribution in [0.4, 0.5) is 0 Å². The number of hydrogen-bond acceptors (Lipinski definition) is 1. The van der Waals surface area contributed by atoms with Crippen molar-refractivity contribution < 1.29 is 0 Å². The van der Waals surface area contributed by atoms with Crippen molar-refractivity contribution in [1.82, 2.24) is 4.98 Å². The molecular weight excluding hydrogens is 230 g/mol. The molecule has 1 heterocycles. The van der Waals surface area contributed by atoms with Crippen molar-refractivity contribution in [1.29, 1.82) is 0 Å². The van der Waals surface area contributed by atoms with Crippen molar-refractivity contribution in [3.8, 4) is 0 Å². The van der Waals surface area contributed by atoms with Crippen LogP contribution in [0.2, 0.25) is 0 Å². The molecule has 0 N–H and O–H groups in total. The minimum absolute atomic E-state index is 0.861. The Morgan fingerprint density at radius 3 is 2.47 bits per heavy atom. The third-order valence-corrected chi connectivity index (χ3v) is 3.09. The topological polar surface area (TPSA) is 12.9 Å². The number of hydrogen-bond donors (Lipinski definition) is 0. The maximum Gasteiger partial charge on any atom is 0.0705 e. The second-order valence-electron chi connectivity index (χ2n) is 4.51. The van der Waals surface area contributed by atoms with E-state index in [0.717, 1.165) is 17.6 Å². The fraction of sp³-hybridized carbons (Fsp3) is 0.0556. The molecule has 1 nitrogen and oxygen atoms in total. The van der Waals surface area contributed by atoms with E-state index in [9.17, 15) is 0 Å². The Morgan fingerprint density at radius 2 is 1.58 bits per heavy atom. The zero-order chi connectivity index (χ0) is 12.9. The normalized spacial score (nSPS) is 11.2. The molecule has 0 atom stereocenters. The van der Waals surface area contributed by atoms with Gasteiger partial charge in [-0.1, -0.05) is 66.7 Å². The van der Waals surface area contributed by atoms with Crippen LogP contribution >= 0.6 is 0 Å². The molecule has 0 aliphatic rings. The van der Waals surface area contributed by atoms with E-state index in [1.807, 2.05) is 30.3 Å². The lowest BCUT2D eigenvalue weighted by Gasteiger charge is -2.00. The minimum atomic E-state index is 0.861. The molecule has 0 unspecified atom stereocenters. The fourth-order valence-electron chi connectivity index (χ4n) is 2.10. The van der Waals surface area contributed by atoms with Gasteiger partial charge in [-0.15, -0.1) is 0 Å². The van der Waals surface area contributed by atoms with Gasteiger partial charge in [-0.3, -0.25) is 4.98 Å². The van der Waals surface area contributed by atoms with Gasteiger partial charge >= 0.3 is 0 Å². The lowest BCUT2D eigenvalue weighted by Crippen LogP contribution is -1.87. The smallest absolute Gasteiger partial charge is 0.0705 e. The van der Waals surface area contributed by atoms with Gasteiger partial charge in [0, 0.05) is 17.5 Å². The largest absolute Gasteiger partial charge is 0.253 e. The van der Waals surface area contributed by atoms with Gasteiger partial charge < -0.3 is 0 Å². The molecular formula is C18H15N. The predicted octanol–water partition coefficient (Wildman–Crippen LogP) is 4.49. The molecule has 0 aliphatic heterocycles. The Kier molecular flexibility index (Phi) is 3.37. The molecule has 0 fully saturated rings. The van der Waals surface area contributed by atoms with Crippen LogP contribution in [0.3, 0.4) is 0 Å². The van der Waals surface area contributed by atoms with E-state index in [-0.39, 0.29) is 0 Å². The summed E-state index contributed by atoms with van der Waals surface area (Å²) in [6.45, 7) is 0. The molecule has 2 aromatic carbocycles. The average Bonchev–Trinajstić information content (AvgIpc) is 2.48. The molecule has 19 heavy (non-hydrogen) atoms. The molecule has 1 heteroatoms. The maximum atomic E-state index is 4.66. The number of benzene rings is 2. The molecule has 3 aromatic rings. The monoisotopic (exact) mass is 245 g/mol. The van der Waals surface area contributed by atoms with Gasteiger partial charge in [0.25, 0.3) is 0 Å². The van der Waals surface area contributed by atoms with Gasteiger partial charge in [0.2, 0.25) is 0 Å². The number of allylic oxidation sites excluding steroid dienone is 1. The first kappa shape index (κ1) is 11.7. The fourth-order valence-corrected chi connectivity index (χ4v) is 2.10. The third-order valence-electron chi connectivity index (χ3n) is 3.09. The molecule has 0 spiro atoms. The Bertz CT molecular complexity index is 699. The Labute approximate surface area is 113 Å². The first-order valence-corrected chi connectivity index (χ1v) is 6.48. The van der Waals surface area contributed by atoms with Gasteiger partial charge in [0.15, 0.2) is 0 Å². The number of aromatic nitrogens is 1. The lowest BCUT2D eigenvalue weighted by molar-refractivity contribution is 1.15. The first-order chi connectivity index (χ1) is 9.42. The first-order valence-electron chi connectivity index (χ1n) is 6.48. The second kappa shape index (κ2) is 5.49. The summed E-state index contributed by atoms with van der Waals surface area (Å²) in [5.41, 5.74) is 3.39. The maximum absolute atomic E-state index is 4.66. The van der Waals surface area contributed by atoms with Gasteiger partial charge in [0.05, 0.1) is 5.52 Å². The van der Waals surface area contributed by atoms with Crippen LogP contribution in [-0.2, 0) is 6.42 Å². The molecule has 0 aliphatic carbocycles. The number of nitrogens with zero attached hydrogens (tertiary/aromatic N) is 1. The summed E-state index contributed by atoms with van der Waals surface area (Å²) in [5, 5.41) is 1.19. The van der Waals surface area contributed by atoms with E-state index < -0.39 is 0 Å². The summed E-state index contributed by atoms with van der Waals surface area (Å²) in [6.07, 6.45) is 5.16. The summed E-state index contributed by atoms with van der Waals surface area (Å²) in [7, 11) is 0. The van der Waals surface area contributed by atoms with Crippen LogP contribution < -0.4 is 0 Å². The highest BCUT2D eigenvalue weighted by Gasteiger charge is 1.95. The number of pyridine rings is 1. The van der Waals surface area contributed by atoms with Crippen molar-refractivity contribution in [3.05, 3.63) is 84.1 Å². The quantitative estimate of drug-likeness (QED) is 0.662. The van der Waals surface area contributed by atoms with Crippen LogP contribution in [0.5, 0.6) is 0 Å². The summed E-state index contributed by atoms with van der Waals surface area (Å²) < 4.78 is 0. The van der Waals surface area contributed by atoms with Crippen LogP contribution in [0, 0.1) is 0 Å². The van der Waals surface area contributed by atoms with Crippen molar-refractivity contribution in [2.45, 2.75) is 6.42 Å². The summed E-state index contributed by atoms with van der Waals surface area (Å²) in [5.74, 6) is 0. The van der Waals surface area contributed by atoms with Crippen LogP contribution in [-0.4, -0.2) is 4.98 Å². The van der Waals surface area contributed by atoms with Crippen LogP contribution in [0.1, 0.15) is 11.3 Å². The van der Waals surface area contributed by atoms with Crippen molar-refractivity contribution >= 4 is 17.0 Å². The average molecular weight is 245 g/mol. The van der Waals surface area contributed by atoms with E-state index >= 15 is 0 Å². The molecule has 0 saturated heterocycles. The Morgan fingerprint density at radius 1 is 0.789 bits per heavy atom. The highest BCUT2D eigenvalue weighted by Crippen LogP contribution is 2.12. The standard InChI is InChI=1S/C18H15N/c1-2-7-15(8-3-1)9-6-11-17-14-13-16-10-4-5-12-18(16)19-17/h1-10,12-14H,11H2. The molecule has 1 aromatic heterocycles. The Hall–Kier alpha value is -2.41. The molecule has 0 bridgehead atoms. The Balaban J connectivity index is 1.77. The van der Waals surface area contributed by atoms with E-state index in [4.69, 9.17) is 0 Å². The summed E-state index contributed by atoms with van der Waals surface area (Å²) in [4.78, 5) is 4.66. The van der Waals surface area contributed by atoms with Crippen molar-refractivity contribution in [2.24, 2.45) is 0 Å². The zero-order valence-corrected chi connectivity index (χ0v) is 10.7. The van der Waals surface area contributed by atoms with E-state index in [2.05, 4.69) is 53.5 Å². The number of fused-ring (bicyclic) bond motifs is 1. The van der Waals surface area contributed by atoms with E-state index in [1.54, 1.807) is 0 Å². The highest BCUT2D eigenvalue weighted by atomic mass is 14.7. The van der Waals surface area contributed by atoms with Crippen molar-refractivity contribution in [3.63, 3.8) is 0 Å². The van der Waals surface area contributed by atoms with E-state index in [1.165, 1.54) is 10.9 Å². The van der Waals surface area contributed by atoms with Gasteiger partial charge in [-0.05, 0) is 17.7 Å². The van der Waals surface area contributed by atoms with Crippen LogP contribution in [0.25, 0.3) is 17.0 Å². The highest BCUT2D eigenvalue weighted by molar-refractivity contribution is 5.78. The molecule has 92 valence electrons. The molecule has 0 radical (unpaired) electrons. The van der Waals surface area contributed by atoms with Gasteiger partial charge in [-0.2, -0.15) is 0 Å². The SMILES string of the molecule is C(=Cc1ccccc1)Cc1ccc2ccccc2n1.